The minimum Gasteiger partial charge on any atom is -0.454 e. The highest BCUT2D eigenvalue weighted by molar-refractivity contribution is 6.01. The van der Waals surface area contributed by atoms with Gasteiger partial charge in [0.25, 0.3) is 5.91 Å². The molecular formula is C18H18N2O3. The lowest BCUT2D eigenvalue weighted by Gasteiger charge is -2.06. The summed E-state index contributed by atoms with van der Waals surface area (Å²) in [5.74, 6) is 1.19. The fourth-order valence-corrected chi connectivity index (χ4v) is 2.27. The number of hydrogen-bond acceptors (Lipinski definition) is 4. The third kappa shape index (κ3) is 3.18. The Balaban J connectivity index is 1.73. The Morgan fingerprint density at radius 1 is 1.00 bits per heavy atom. The molecule has 23 heavy (non-hydrogen) atoms. The molecule has 1 aliphatic heterocycles. The van der Waals surface area contributed by atoms with Gasteiger partial charge in [0.2, 0.25) is 6.79 Å². The highest BCUT2D eigenvalue weighted by Gasteiger charge is 2.14. The Labute approximate surface area is 134 Å². The van der Waals surface area contributed by atoms with Gasteiger partial charge in [-0.1, -0.05) is 6.07 Å². The minimum atomic E-state index is -0.229. The highest BCUT2D eigenvalue weighted by Crippen LogP contribution is 2.32. The van der Waals surface area contributed by atoms with E-state index in [1.165, 1.54) is 0 Å². The monoisotopic (exact) mass is 310 g/mol. The van der Waals surface area contributed by atoms with Crippen LogP contribution >= 0.6 is 0 Å². The first-order valence-electron chi connectivity index (χ1n) is 7.36. The van der Waals surface area contributed by atoms with Crippen molar-refractivity contribution in [3.63, 3.8) is 0 Å². The van der Waals surface area contributed by atoms with Crippen molar-refractivity contribution in [2.24, 2.45) is 5.10 Å². The number of aryl methyl sites for hydroxylation is 2. The maximum Gasteiger partial charge on any atom is 0.271 e. The lowest BCUT2D eigenvalue weighted by molar-refractivity contribution is 0.0954. The molecule has 0 atom stereocenters. The van der Waals surface area contributed by atoms with Crippen LogP contribution in [0.5, 0.6) is 11.5 Å². The van der Waals surface area contributed by atoms with Gasteiger partial charge in [-0.15, -0.1) is 0 Å². The molecule has 118 valence electrons. The van der Waals surface area contributed by atoms with E-state index in [2.05, 4.69) is 10.5 Å². The number of carbonyl (C=O) groups is 1. The van der Waals surface area contributed by atoms with Crippen LogP contribution in [-0.4, -0.2) is 18.4 Å². The second kappa shape index (κ2) is 6.12. The first kappa shape index (κ1) is 15.1. The highest BCUT2D eigenvalue weighted by atomic mass is 16.7. The molecule has 0 unspecified atom stereocenters. The van der Waals surface area contributed by atoms with Crippen LogP contribution in [0.3, 0.4) is 0 Å². The number of benzene rings is 2. The molecule has 0 saturated carbocycles. The van der Waals surface area contributed by atoms with Crippen molar-refractivity contribution in [3.05, 3.63) is 58.7 Å². The van der Waals surface area contributed by atoms with Gasteiger partial charge in [-0.25, -0.2) is 5.43 Å². The molecule has 0 aliphatic carbocycles. The van der Waals surface area contributed by atoms with Crippen molar-refractivity contribution >= 4 is 11.6 Å². The van der Waals surface area contributed by atoms with Crippen molar-refractivity contribution in [1.82, 2.24) is 5.43 Å². The van der Waals surface area contributed by atoms with Crippen molar-refractivity contribution < 1.29 is 14.3 Å². The first-order valence-corrected chi connectivity index (χ1v) is 7.36. The van der Waals surface area contributed by atoms with E-state index in [9.17, 15) is 4.79 Å². The number of nitrogens with zero attached hydrogens (tertiary/aromatic N) is 1. The van der Waals surface area contributed by atoms with Gasteiger partial charge in [0.05, 0.1) is 5.71 Å². The quantitative estimate of drug-likeness (QED) is 0.699. The molecule has 1 aliphatic rings. The summed E-state index contributed by atoms with van der Waals surface area (Å²) in [5, 5.41) is 4.17. The number of nitrogens with one attached hydrogen (secondary N) is 1. The minimum absolute atomic E-state index is 0.229. The predicted molar refractivity (Wildman–Crippen MR) is 88.2 cm³/mol. The Hall–Kier alpha value is -2.82. The smallest absolute Gasteiger partial charge is 0.271 e. The van der Waals surface area contributed by atoms with Crippen molar-refractivity contribution in [1.29, 1.82) is 0 Å². The standard InChI is InChI=1S/C18H18N2O3/c1-11-4-5-15(8-12(11)2)18(21)20-19-13(3)14-6-7-16-17(9-14)23-10-22-16/h4-9H,10H2,1-3H3,(H,20,21). The average Bonchev–Trinajstić information content (AvgIpc) is 3.02. The molecule has 5 heteroatoms. The van der Waals surface area contributed by atoms with E-state index < -0.39 is 0 Å². The van der Waals surface area contributed by atoms with Gasteiger partial charge >= 0.3 is 0 Å². The molecule has 0 fully saturated rings. The van der Waals surface area contributed by atoms with Gasteiger partial charge in [0.1, 0.15) is 0 Å². The molecule has 3 rings (SSSR count). The molecule has 5 nitrogen and oxygen atoms in total. The van der Waals surface area contributed by atoms with Crippen LogP contribution in [0.2, 0.25) is 0 Å². The van der Waals surface area contributed by atoms with E-state index in [-0.39, 0.29) is 12.7 Å². The van der Waals surface area contributed by atoms with E-state index in [0.29, 0.717) is 17.0 Å². The number of fused-ring (bicyclic) bond motifs is 1. The molecular weight excluding hydrogens is 292 g/mol. The first-order chi connectivity index (χ1) is 11.0. The van der Waals surface area contributed by atoms with Gasteiger partial charge in [-0.05, 0) is 62.2 Å². The van der Waals surface area contributed by atoms with Crippen LogP contribution in [0, 0.1) is 13.8 Å². The Kier molecular flexibility index (Phi) is 4.02. The number of rotatable bonds is 3. The summed E-state index contributed by atoms with van der Waals surface area (Å²) in [6, 6.07) is 11.2. The summed E-state index contributed by atoms with van der Waals surface area (Å²) in [6.07, 6.45) is 0. The second-order valence-corrected chi connectivity index (χ2v) is 5.51. The van der Waals surface area contributed by atoms with E-state index in [1.54, 1.807) is 6.07 Å². The second-order valence-electron chi connectivity index (χ2n) is 5.51. The Morgan fingerprint density at radius 2 is 1.74 bits per heavy atom. The van der Waals surface area contributed by atoms with Crippen LogP contribution in [0.25, 0.3) is 0 Å². The van der Waals surface area contributed by atoms with Gasteiger partial charge in [-0.2, -0.15) is 5.10 Å². The third-order valence-electron chi connectivity index (χ3n) is 3.88. The SMILES string of the molecule is CC(=NNC(=O)c1ccc(C)c(C)c1)c1ccc2c(c1)OCO2. The van der Waals surface area contributed by atoms with Crippen LogP contribution < -0.4 is 14.9 Å². The lowest BCUT2D eigenvalue weighted by Crippen LogP contribution is -2.19. The summed E-state index contributed by atoms with van der Waals surface area (Å²) >= 11 is 0. The molecule has 0 radical (unpaired) electrons. The lowest BCUT2D eigenvalue weighted by atomic mass is 10.1. The van der Waals surface area contributed by atoms with Gasteiger partial charge in [-0.3, -0.25) is 4.79 Å². The van der Waals surface area contributed by atoms with E-state index in [0.717, 1.165) is 22.4 Å². The molecule has 0 aromatic heterocycles. The zero-order valence-corrected chi connectivity index (χ0v) is 13.3. The zero-order chi connectivity index (χ0) is 16.4. The van der Waals surface area contributed by atoms with E-state index >= 15 is 0 Å². The molecule has 1 heterocycles. The Bertz CT molecular complexity index is 797. The maximum absolute atomic E-state index is 12.2. The van der Waals surface area contributed by atoms with Crippen LogP contribution in [0.4, 0.5) is 0 Å². The predicted octanol–water partition coefficient (Wildman–Crippen LogP) is 3.19. The van der Waals surface area contributed by atoms with Crippen molar-refractivity contribution in [2.75, 3.05) is 6.79 Å². The normalized spacial score (nSPS) is 13.1. The summed E-state index contributed by atoms with van der Waals surface area (Å²) < 4.78 is 10.6. The van der Waals surface area contributed by atoms with Crippen molar-refractivity contribution in [3.8, 4) is 11.5 Å². The fourth-order valence-electron chi connectivity index (χ4n) is 2.27. The zero-order valence-electron chi connectivity index (χ0n) is 13.3. The largest absolute Gasteiger partial charge is 0.454 e. The van der Waals surface area contributed by atoms with E-state index in [1.807, 2.05) is 51.1 Å². The van der Waals surface area contributed by atoms with Gasteiger partial charge in [0, 0.05) is 11.1 Å². The number of carbonyl (C=O) groups excluding carboxylic acids is 1. The maximum atomic E-state index is 12.2. The summed E-state index contributed by atoms with van der Waals surface area (Å²) in [6.45, 7) is 6.06. The molecule has 0 bridgehead atoms. The van der Waals surface area contributed by atoms with Crippen LogP contribution in [0.1, 0.15) is 34.0 Å². The molecule has 2 aromatic carbocycles. The van der Waals surface area contributed by atoms with E-state index in [4.69, 9.17) is 9.47 Å². The molecule has 1 N–H and O–H groups in total. The third-order valence-corrected chi connectivity index (χ3v) is 3.88. The number of ether oxygens (including phenoxy) is 2. The summed E-state index contributed by atoms with van der Waals surface area (Å²) in [4.78, 5) is 12.2. The van der Waals surface area contributed by atoms with Gasteiger partial charge < -0.3 is 9.47 Å². The van der Waals surface area contributed by atoms with Gasteiger partial charge in [0.15, 0.2) is 11.5 Å². The summed E-state index contributed by atoms with van der Waals surface area (Å²) in [7, 11) is 0. The van der Waals surface area contributed by atoms with Crippen LogP contribution in [-0.2, 0) is 0 Å². The Morgan fingerprint density at radius 3 is 2.52 bits per heavy atom. The molecule has 0 spiro atoms. The molecule has 1 amide bonds. The number of amides is 1. The average molecular weight is 310 g/mol. The molecule has 0 saturated heterocycles. The van der Waals surface area contributed by atoms with Crippen LogP contribution in [0.15, 0.2) is 41.5 Å². The van der Waals surface area contributed by atoms with Crippen molar-refractivity contribution in [2.45, 2.75) is 20.8 Å². The molecule has 2 aromatic rings. The fraction of sp³-hybridized carbons (Fsp3) is 0.222. The summed E-state index contributed by atoms with van der Waals surface area (Å²) in [5.41, 5.74) is 6.98. The number of hydrazone groups is 1. The topological polar surface area (TPSA) is 59.9 Å². The number of hydrogen-bond donors (Lipinski definition) is 1.